The minimum atomic E-state index is -4.36. The van der Waals surface area contributed by atoms with E-state index in [2.05, 4.69) is 0 Å². The van der Waals surface area contributed by atoms with Crippen LogP contribution < -0.4 is 14.2 Å². The van der Waals surface area contributed by atoms with E-state index in [0.29, 0.717) is 36.5 Å². The van der Waals surface area contributed by atoms with Gasteiger partial charge in [0.05, 0.1) is 48.9 Å². The van der Waals surface area contributed by atoms with Crippen LogP contribution in [0.25, 0.3) is 0 Å². The third kappa shape index (κ3) is 8.75. The average molecular weight is 687 g/mol. The smallest absolute Gasteiger partial charge is 0.408 e. The summed E-state index contributed by atoms with van der Waals surface area (Å²) in [5, 5.41) is 22.3. The number of amides is 1. The predicted molar refractivity (Wildman–Crippen MR) is 173 cm³/mol. The van der Waals surface area contributed by atoms with Crippen LogP contribution in [0.1, 0.15) is 37.8 Å². The first-order valence-electron chi connectivity index (χ1n) is 15.9. The summed E-state index contributed by atoms with van der Waals surface area (Å²) in [6.07, 6.45) is -2.29. The van der Waals surface area contributed by atoms with Gasteiger partial charge in [-0.05, 0) is 54.7 Å². The largest absolute Gasteiger partial charge is 0.489 e. The Bertz CT molecular complexity index is 1580. The van der Waals surface area contributed by atoms with Crippen molar-refractivity contribution in [2.24, 2.45) is 0 Å². The molecule has 0 radical (unpaired) electrons. The Morgan fingerprint density at radius 2 is 1.60 bits per heavy atom. The molecule has 0 spiro atoms. The average Bonchev–Trinajstić information content (AvgIpc) is 3.58. The Balaban J connectivity index is 1.42. The van der Waals surface area contributed by atoms with Gasteiger partial charge in [0.25, 0.3) is 10.0 Å². The molecule has 0 saturated carbocycles. The summed E-state index contributed by atoms with van der Waals surface area (Å²) in [6, 6.07) is 19.2. The zero-order chi connectivity index (χ0) is 34.1. The molecule has 2 heterocycles. The molecule has 260 valence electrons. The highest BCUT2D eigenvalue weighted by Gasteiger charge is 2.40. The molecule has 1 saturated heterocycles. The second-order valence-electron chi connectivity index (χ2n) is 11.5. The number of hydrogen-bond acceptors (Lipinski definition) is 10. The molecule has 1 fully saturated rings. The molecular weight excluding hydrogens is 644 g/mol. The van der Waals surface area contributed by atoms with Crippen molar-refractivity contribution in [2.45, 2.75) is 68.9 Å². The van der Waals surface area contributed by atoms with Crippen molar-refractivity contribution in [3.05, 3.63) is 83.9 Å². The van der Waals surface area contributed by atoms with Crippen molar-refractivity contribution in [3.8, 4) is 17.2 Å². The number of ether oxygens (including phenoxy) is 5. The number of sulfonamides is 1. The summed E-state index contributed by atoms with van der Waals surface area (Å²) in [6.45, 7) is 3.62. The predicted octanol–water partition coefficient (Wildman–Crippen LogP) is 4.43. The number of fused-ring (bicyclic) bond motifs is 1. The highest BCUT2D eigenvalue weighted by atomic mass is 32.2. The first-order chi connectivity index (χ1) is 23.2. The van der Waals surface area contributed by atoms with Gasteiger partial charge in [0.1, 0.15) is 19.1 Å². The van der Waals surface area contributed by atoms with Crippen LogP contribution in [0.15, 0.2) is 77.7 Å². The molecule has 3 aromatic carbocycles. The number of nitrogens with zero attached hydrogens (tertiary/aromatic N) is 2. The van der Waals surface area contributed by atoms with Crippen LogP contribution in [0, 0.1) is 0 Å². The number of aliphatic hydroxyl groups is 1. The quantitative estimate of drug-likeness (QED) is 0.206. The third-order valence-electron chi connectivity index (χ3n) is 8.24. The monoisotopic (exact) mass is 686 g/mol. The van der Waals surface area contributed by atoms with Crippen LogP contribution in [-0.4, -0.2) is 91.7 Å². The molecule has 5 rings (SSSR count). The fourth-order valence-corrected chi connectivity index (χ4v) is 6.87. The molecular formula is C34H42N2O11S. The van der Waals surface area contributed by atoms with Crippen molar-refractivity contribution in [3.63, 3.8) is 0 Å². The summed E-state index contributed by atoms with van der Waals surface area (Å²) in [7, 11) is -4.36. The molecule has 2 aliphatic rings. The van der Waals surface area contributed by atoms with Crippen molar-refractivity contribution >= 4 is 16.1 Å². The maximum atomic E-state index is 14.0. The Morgan fingerprint density at radius 3 is 2.27 bits per heavy atom. The third-order valence-corrected chi connectivity index (χ3v) is 9.86. The standard InChI is InChI=1S/C34H42N2O11S/c1-3-27(4-2)47-35(48(40,41)29-14-15-32-33(17-29)46-23-45-32)18-31(37)30(36(34(38)39)26-20-42-22-43-21-26)16-24-10-12-28(13-11-24)44-19-25-8-6-5-7-9-25/h5-15,17,26-27,30-31,37H,3-4,16,18-23H2,1-2H3,(H,38,39)/t30-,31+/m0/s1. The number of carbonyl (C=O) groups is 1. The van der Waals surface area contributed by atoms with Crippen LogP contribution in [0.4, 0.5) is 4.79 Å². The molecule has 2 atom stereocenters. The van der Waals surface area contributed by atoms with Gasteiger partial charge in [0, 0.05) is 6.07 Å². The Kier molecular flexibility index (Phi) is 12.1. The molecule has 2 aliphatic heterocycles. The van der Waals surface area contributed by atoms with Gasteiger partial charge < -0.3 is 33.9 Å². The number of aliphatic hydroxyl groups excluding tert-OH is 1. The van der Waals surface area contributed by atoms with E-state index in [-0.39, 0.29) is 43.9 Å². The van der Waals surface area contributed by atoms with Crippen LogP contribution in [0.5, 0.6) is 17.2 Å². The van der Waals surface area contributed by atoms with Crippen LogP contribution in [-0.2, 0) is 37.4 Å². The van der Waals surface area contributed by atoms with E-state index in [9.17, 15) is 23.4 Å². The fourth-order valence-electron chi connectivity index (χ4n) is 5.56. The summed E-state index contributed by atoms with van der Waals surface area (Å²) in [5.74, 6) is 1.29. The van der Waals surface area contributed by atoms with Crippen LogP contribution in [0.3, 0.4) is 0 Å². The lowest BCUT2D eigenvalue weighted by Crippen LogP contribution is -2.59. The molecule has 0 aromatic heterocycles. The van der Waals surface area contributed by atoms with E-state index in [1.54, 1.807) is 24.3 Å². The molecule has 3 aromatic rings. The number of carboxylic acid groups (broad SMARTS) is 1. The maximum Gasteiger partial charge on any atom is 0.408 e. The van der Waals surface area contributed by atoms with E-state index < -0.39 is 47.0 Å². The Labute approximate surface area is 280 Å². The van der Waals surface area contributed by atoms with Gasteiger partial charge in [-0.3, -0.25) is 9.74 Å². The molecule has 0 unspecified atom stereocenters. The first kappa shape index (κ1) is 35.4. The number of hydroxylamine groups is 1. The summed E-state index contributed by atoms with van der Waals surface area (Å²) < 4.78 is 56.3. The van der Waals surface area contributed by atoms with E-state index in [1.165, 1.54) is 18.2 Å². The summed E-state index contributed by atoms with van der Waals surface area (Å²) in [5.41, 5.74) is 1.70. The van der Waals surface area contributed by atoms with E-state index in [4.69, 9.17) is 28.5 Å². The van der Waals surface area contributed by atoms with E-state index in [0.717, 1.165) is 14.9 Å². The molecule has 0 aliphatic carbocycles. The molecule has 13 nitrogen and oxygen atoms in total. The van der Waals surface area contributed by atoms with Gasteiger partial charge in [-0.2, -0.15) is 0 Å². The van der Waals surface area contributed by atoms with E-state index >= 15 is 0 Å². The molecule has 0 bridgehead atoms. The summed E-state index contributed by atoms with van der Waals surface area (Å²) in [4.78, 5) is 19.8. The lowest BCUT2D eigenvalue weighted by atomic mass is 9.98. The number of benzene rings is 3. The fraction of sp³-hybridized carbons (Fsp3) is 0.441. The van der Waals surface area contributed by atoms with E-state index in [1.807, 2.05) is 44.2 Å². The Morgan fingerprint density at radius 1 is 0.917 bits per heavy atom. The minimum absolute atomic E-state index is 0.0203. The van der Waals surface area contributed by atoms with Crippen molar-refractivity contribution in [1.29, 1.82) is 0 Å². The molecule has 14 heteroatoms. The summed E-state index contributed by atoms with van der Waals surface area (Å²) >= 11 is 0. The van der Waals surface area contributed by atoms with Gasteiger partial charge in [0.15, 0.2) is 11.5 Å². The topological polar surface area (TPSA) is 154 Å². The SMILES string of the molecule is CCC(CC)ON(C[C@@H](O)[C@H](Cc1ccc(OCc2ccccc2)cc1)N(C(=O)O)C1COCOC1)S(=O)(=O)c1ccc2c(c1)OCO2. The highest BCUT2D eigenvalue weighted by Crippen LogP contribution is 2.35. The molecule has 1 amide bonds. The van der Waals surface area contributed by atoms with Gasteiger partial charge in [-0.25, -0.2) is 13.2 Å². The van der Waals surface area contributed by atoms with Gasteiger partial charge in [0.2, 0.25) is 6.79 Å². The lowest BCUT2D eigenvalue weighted by molar-refractivity contribution is -0.161. The van der Waals surface area contributed by atoms with Gasteiger partial charge in [-0.15, -0.1) is 0 Å². The van der Waals surface area contributed by atoms with Gasteiger partial charge in [-0.1, -0.05) is 60.8 Å². The molecule has 48 heavy (non-hydrogen) atoms. The number of rotatable bonds is 16. The highest BCUT2D eigenvalue weighted by molar-refractivity contribution is 7.89. The minimum Gasteiger partial charge on any atom is -0.489 e. The lowest BCUT2D eigenvalue weighted by Gasteiger charge is -2.40. The maximum absolute atomic E-state index is 14.0. The zero-order valence-corrected chi connectivity index (χ0v) is 27.8. The normalized spacial score (nSPS) is 16.2. The number of hydrogen-bond donors (Lipinski definition) is 2. The molecule has 2 N–H and O–H groups in total. The van der Waals surface area contributed by atoms with Gasteiger partial charge >= 0.3 is 6.09 Å². The van der Waals surface area contributed by atoms with Crippen LogP contribution >= 0.6 is 0 Å². The zero-order valence-electron chi connectivity index (χ0n) is 27.0. The second kappa shape index (κ2) is 16.5. The first-order valence-corrected chi connectivity index (χ1v) is 17.3. The van der Waals surface area contributed by atoms with Crippen molar-refractivity contribution < 1.29 is 51.9 Å². The Hall–Kier alpha value is -3.92. The van der Waals surface area contributed by atoms with Crippen LogP contribution in [0.2, 0.25) is 0 Å². The van der Waals surface area contributed by atoms with Crippen molar-refractivity contribution in [1.82, 2.24) is 9.37 Å². The second-order valence-corrected chi connectivity index (χ2v) is 13.3. The van der Waals surface area contributed by atoms with Crippen molar-refractivity contribution in [2.75, 3.05) is 33.3 Å².